The van der Waals surface area contributed by atoms with Crippen LogP contribution in [0.5, 0.6) is 0 Å². The first kappa shape index (κ1) is 27.1. The van der Waals surface area contributed by atoms with Crippen molar-refractivity contribution in [2.75, 3.05) is 0 Å². The summed E-state index contributed by atoms with van der Waals surface area (Å²) in [4.78, 5) is 10.2. The van der Waals surface area contributed by atoms with E-state index in [1.807, 2.05) is 30.3 Å². The molecule has 1 atom stereocenters. The lowest BCUT2D eigenvalue weighted by Crippen LogP contribution is -2.33. The van der Waals surface area contributed by atoms with Crippen molar-refractivity contribution < 1.29 is 4.42 Å². The highest BCUT2D eigenvalue weighted by molar-refractivity contribution is 6.16. The molecule has 1 N–H and O–H groups in total. The van der Waals surface area contributed by atoms with Crippen molar-refractivity contribution >= 4 is 44.4 Å². The van der Waals surface area contributed by atoms with Crippen molar-refractivity contribution in [2.24, 2.45) is 9.98 Å². The molecular formula is C43H29N3O. The fraction of sp³-hybridized carbons (Fsp3) is 0.0233. The Balaban J connectivity index is 1.11. The summed E-state index contributed by atoms with van der Waals surface area (Å²) in [5, 5.41) is 8.26. The molecule has 0 bridgehead atoms. The maximum absolute atomic E-state index is 6.43. The minimum Gasteiger partial charge on any atom is -0.456 e. The van der Waals surface area contributed by atoms with E-state index in [9.17, 15) is 0 Å². The molecule has 1 aliphatic heterocycles. The van der Waals surface area contributed by atoms with Gasteiger partial charge in [0.25, 0.3) is 0 Å². The topological polar surface area (TPSA) is 49.9 Å². The molecular weight excluding hydrogens is 574 g/mol. The summed E-state index contributed by atoms with van der Waals surface area (Å²) >= 11 is 0. The first-order valence-electron chi connectivity index (χ1n) is 15.9. The Hall–Kier alpha value is -6.26. The van der Waals surface area contributed by atoms with Crippen LogP contribution in [0.1, 0.15) is 22.9 Å². The lowest BCUT2D eigenvalue weighted by molar-refractivity contribution is 0.667. The van der Waals surface area contributed by atoms with Crippen LogP contribution in [0.15, 0.2) is 178 Å². The number of fused-ring (bicyclic) bond motifs is 4. The van der Waals surface area contributed by atoms with E-state index in [0.29, 0.717) is 5.84 Å². The van der Waals surface area contributed by atoms with Gasteiger partial charge in [-0.3, -0.25) is 0 Å². The van der Waals surface area contributed by atoms with E-state index in [1.54, 1.807) is 0 Å². The molecule has 1 aliphatic rings. The zero-order valence-corrected chi connectivity index (χ0v) is 25.5. The molecule has 0 spiro atoms. The van der Waals surface area contributed by atoms with Gasteiger partial charge in [-0.05, 0) is 62.9 Å². The molecule has 1 aromatic heterocycles. The van der Waals surface area contributed by atoms with E-state index in [2.05, 4.69) is 139 Å². The number of rotatable bonds is 5. The highest BCUT2D eigenvalue weighted by atomic mass is 16.3. The number of hydrogen-bond acceptors (Lipinski definition) is 4. The summed E-state index contributed by atoms with van der Waals surface area (Å²) < 4.78 is 6.43. The first-order valence-corrected chi connectivity index (χ1v) is 15.9. The number of nitrogens with zero attached hydrogens (tertiary/aromatic N) is 2. The van der Waals surface area contributed by atoms with E-state index in [0.717, 1.165) is 55.6 Å². The lowest BCUT2D eigenvalue weighted by atomic mass is 9.99. The molecule has 4 nitrogen and oxygen atoms in total. The molecule has 0 aliphatic carbocycles. The third-order valence-electron chi connectivity index (χ3n) is 8.94. The maximum atomic E-state index is 6.43. The molecule has 2 heterocycles. The monoisotopic (exact) mass is 603 g/mol. The van der Waals surface area contributed by atoms with Crippen molar-refractivity contribution in [3.8, 4) is 22.3 Å². The standard InChI is InChI=1S/C43H29N3O/c1-3-11-30(12-4-1)36-16-9-17-38-40(36)37-25-24-35(27-39(37)47-38)43-45-41(31-13-5-2-6-14-31)44-42(46-43)32-21-18-29(19-22-32)34-23-20-28-10-7-8-15-33(28)26-34/h1-27,41H,(H,44,45,46). The van der Waals surface area contributed by atoms with Crippen LogP contribution in [0, 0.1) is 0 Å². The van der Waals surface area contributed by atoms with Crippen LogP contribution in [0.2, 0.25) is 0 Å². The van der Waals surface area contributed by atoms with E-state index in [-0.39, 0.29) is 6.17 Å². The molecule has 0 saturated carbocycles. The Morgan fingerprint density at radius 1 is 0.489 bits per heavy atom. The van der Waals surface area contributed by atoms with Crippen molar-refractivity contribution in [2.45, 2.75) is 6.17 Å². The van der Waals surface area contributed by atoms with Gasteiger partial charge >= 0.3 is 0 Å². The number of hydrogen-bond donors (Lipinski definition) is 1. The molecule has 7 aromatic carbocycles. The Labute approximate surface area is 272 Å². The molecule has 0 amide bonds. The van der Waals surface area contributed by atoms with E-state index in [4.69, 9.17) is 14.4 Å². The van der Waals surface area contributed by atoms with Crippen LogP contribution in [0.25, 0.3) is 55.0 Å². The third-order valence-corrected chi connectivity index (χ3v) is 8.94. The van der Waals surface area contributed by atoms with Gasteiger partial charge in [0.05, 0.1) is 0 Å². The quantitative estimate of drug-likeness (QED) is 0.213. The third kappa shape index (κ3) is 4.97. The minimum atomic E-state index is -0.282. The van der Waals surface area contributed by atoms with E-state index in [1.165, 1.54) is 21.9 Å². The summed E-state index contributed by atoms with van der Waals surface area (Å²) in [6.45, 7) is 0. The second-order valence-electron chi connectivity index (χ2n) is 11.9. The summed E-state index contributed by atoms with van der Waals surface area (Å²) in [7, 11) is 0. The van der Waals surface area contributed by atoms with Crippen LogP contribution in [0.4, 0.5) is 0 Å². The van der Waals surface area contributed by atoms with Crippen molar-refractivity contribution in [3.63, 3.8) is 0 Å². The van der Waals surface area contributed by atoms with Gasteiger partial charge in [0, 0.05) is 21.9 Å². The molecule has 222 valence electrons. The van der Waals surface area contributed by atoms with Crippen molar-refractivity contribution in [1.82, 2.24) is 5.32 Å². The predicted octanol–water partition coefficient (Wildman–Crippen LogP) is 10.6. The molecule has 1 unspecified atom stereocenters. The van der Waals surface area contributed by atoms with Gasteiger partial charge in [0.15, 0.2) is 5.84 Å². The van der Waals surface area contributed by atoms with Gasteiger partial charge in [0.1, 0.15) is 23.2 Å². The first-order chi connectivity index (χ1) is 23.3. The molecule has 8 aromatic rings. The molecule has 9 rings (SSSR count). The molecule has 47 heavy (non-hydrogen) atoms. The Bertz CT molecular complexity index is 2480. The number of aliphatic imine (C=N–C) groups is 2. The summed E-state index contributed by atoms with van der Waals surface area (Å²) in [5.41, 5.74) is 9.33. The second-order valence-corrected chi connectivity index (χ2v) is 11.9. The number of furan rings is 1. The molecule has 0 saturated heterocycles. The van der Waals surface area contributed by atoms with Crippen LogP contribution >= 0.6 is 0 Å². The average Bonchev–Trinajstić information content (AvgIpc) is 3.53. The second kappa shape index (κ2) is 11.3. The highest BCUT2D eigenvalue weighted by Crippen LogP contribution is 2.37. The number of benzene rings is 7. The van der Waals surface area contributed by atoms with E-state index < -0.39 is 0 Å². The van der Waals surface area contributed by atoms with E-state index >= 15 is 0 Å². The average molecular weight is 604 g/mol. The Morgan fingerprint density at radius 3 is 2.02 bits per heavy atom. The zero-order chi connectivity index (χ0) is 31.2. The van der Waals surface area contributed by atoms with Crippen LogP contribution in [-0.2, 0) is 0 Å². The maximum Gasteiger partial charge on any atom is 0.159 e. The van der Waals surface area contributed by atoms with Crippen LogP contribution in [0.3, 0.4) is 0 Å². The van der Waals surface area contributed by atoms with Crippen molar-refractivity contribution in [3.05, 3.63) is 180 Å². The van der Waals surface area contributed by atoms with Crippen LogP contribution < -0.4 is 5.32 Å². The molecule has 4 heteroatoms. The largest absolute Gasteiger partial charge is 0.456 e. The van der Waals surface area contributed by atoms with Gasteiger partial charge in [-0.25, -0.2) is 9.98 Å². The summed E-state index contributed by atoms with van der Waals surface area (Å²) in [6.07, 6.45) is -0.282. The molecule has 0 fully saturated rings. The van der Waals surface area contributed by atoms with Gasteiger partial charge in [0.2, 0.25) is 0 Å². The van der Waals surface area contributed by atoms with Crippen molar-refractivity contribution in [1.29, 1.82) is 0 Å². The number of nitrogens with one attached hydrogen (secondary N) is 1. The fourth-order valence-electron chi connectivity index (χ4n) is 6.54. The fourth-order valence-corrected chi connectivity index (χ4v) is 6.54. The van der Waals surface area contributed by atoms with Gasteiger partial charge < -0.3 is 9.73 Å². The summed E-state index contributed by atoms with van der Waals surface area (Å²) in [5.74, 6) is 1.45. The normalized spacial score (nSPS) is 14.6. The molecule has 0 radical (unpaired) electrons. The summed E-state index contributed by atoms with van der Waals surface area (Å²) in [6, 6.07) is 57.0. The Morgan fingerprint density at radius 2 is 1.19 bits per heavy atom. The lowest BCUT2D eigenvalue weighted by Gasteiger charge is -2.23. The van der Waals surface area contributed by atoms with Gasteiger partial charge in [-0.1, -0.05) is 140 Å². The SMILES string of the molecule is c1ccc(-c2cccc3oc4cc(C5=NC(c6ccccc6)NC(c6ccc(-c7ccc8ccccc8c7)cc6)=N5)ccc4c23)cc1. The highest BCUT2D eigenvalue weighted by Gasteiger charge is 2.22. The minimum absolute atomic E-state index is 0.282. The van der Waals surface area contributed by atoms with Crippen LogP contribution in [-0.4, -0.2) is 11.7 Å². The predicted molar refractivity (Wildman–Crippen MR) is 194 cm³/mol. The van der Waals surface area contributed by atoms with Gasteiger partial charge in [-0.15, -0.1) is 0 Å². The number of amidine groups is 2. The Kier molecular flexibility index (Phi) is 6.50. The van der Waals surface area contributed by atoms with Gasteiger partial charge in [-0.2, -0.15) is 0 Å². The zero-order valence-electron chi connectivity index (χ0n) is 25.5. The smallest absolute Gasteiger partial charge is 0.159 e.